The summed E-state index contributed by atoms with van der Waals surface area (Å²) in [7, 11) is 0. The fraction of sp³-hybridized carbons (Fsp3) is 0.440. The molecule has 1 atom stereocenters. The molecular formula is C25H28Cl2N2O2. The van der Waals surface area contributed by atoms with Crippen molar-refractivity contribution in [3.05, 3.63) is 69.7 Å². The zero-order chi connectivity index (χ0) is 21.8. The Kier molecular flexibility index (Phi) is 7.19. The zero-order valence-corrected chi connectivity index (χ0v) is 19.1. The second-order valence-corrected chi connectivity index (χ2v) is 9.32. The monoisotopic (exact) mass is 458 g/mol. The molecule has 0 aliphatic carbocycles. The number of benzene rings is 2. The summed E-state index contributed by atoms with van der Waals surface area (Å²) in [4.78, 5) is 29.8. The first-order chi connectivity index (χ1) is 15.0. The molecule has 2 heterocycles. The summed E-state index contributed by atoms with van der Waals surface area (Å²) in [6.45, 7) is 2.10. The average molecular weight is 459 g/mol. The highest BCUT2D eigenvalue weighted by molar-refractivity contribution is 6.42. The van der Waals surface area contributed by atoms with Gasteiger partial charge in [-0.05, 0) is 55.4 Å². The number of rotatable bonds is 5. The number of nitrogens with zero attached hydrogens (tertiary/aromatic N) is 2. The van der Waals surface area contributed by atoms with E-state index in [9.17, 15) is 9.59 Å². The molecule has 1 unspecified atom stereocenters. The summed E-state index contributed by atoms with van der Waals surface area (Å²) in [5.74, 6) is 0.385. The van der Waals surface area contributed by atoms with Gasteiger partial charge in [-0.1, -0.05) is 59.6 Å². The van der Waals surface area contributed by atoms with Crippen molar-refractivity contribution < 1.29 is 9.59 Å². The fourth-order valence-corrected chi connectivity index (χ4v) is 5.07. The first-order valence-corrected chi connectivity index (χ1v) is 11.9. The predicted octanol–water partition coefficient (Wildman–Crippen LogP) is 5.53. The Hall–Kier alpha value is -2.04. The van der Waals surface area contributed by atoms with Crippen LogP contribution in [0.1, 0.15) is 49.3 Å². The Labute approximate surface area is 194 Å². The van der Waals surface area contributed by atoms with Crippen LogP contribution in [0.25, 0.3) is 0 Å². The summed E-state index contributed by atoms with van der Waals surface area (Å²) < 4.78 is 0. The third kappa shape index (κ3) is 5.24. The van der Waals surface area contributed by atoms with Gasteiger partial charge in [-0.2, -0.15) is 0 Å². The molecule has 6 heteroatoms. The maximum absolute atomic E-state index is 13.3. The van der Waals surface area contributed by atoms with Crippen molar-refractivity contribution in [3.8, 4) is 0 Å². The van der Waals surface area contributed by atoms with E-state index in [0.29, 0.717) is 29.6 Å². The molecule has 2 amide bonds. The van der Waals surface area contributed by atoms with E-state index < -0.39 is 0 Å². The van der Waals surface area contributed by atoms with Crippen LogP contribution in [0.5, 0.6) is 0 Å². The van der Waals surface area contributed by atoms with Crippen LogP contribution in [-0.2, 0) is 16.0 Å². The van der Waals surface area contributed by atoms with E-state index in [2.05, 4.69) is 12.1 Å². The summed E-state index contributed by atoms with van der Waals surface area (Å²) in [5.41, 5.74) is 2.23. The van der Waals surface area contributed by atoms with Gasteiger partial charge in [0.1, 0.15) is 0 Å². The number of likely N-dealkylation sites (tertiary alicyclic amines) is 2. The lowest BCUT2D eigenvalue weighted by Gasteiger charge is -2.35. The number of carbonyl (C=O) groups excluding carboxylic acids is 2. The molecule has 2 fully saturated rings. The Morgan fingerprint density at radius 2 is 1.65 bits per heavy atom. The number of hydrogen-bond donors (Lipinski definition) is 0. The van der Waals surface area contributed by atoms with Crippen molar-refractivity contribution in [2.45, 2.75) is 44.6 Å². The highest BCUT2D eigenvalue weighted by Gasteiger charge is 2.36. The van der Waals surface area contributed by atoms with Crippen molar-refractivity contribution in [3.63, 3.8) is 0 Å². The zero-order valence-electron chi connectivity index (χ0n) is 17.6. The van der Waals surface area contributed by atoms with Crippen LogP contribution in [-0.4, -0.2) is 41.2 Å². The van der Waals surface area contributed by atoms with Gasteiger partial charge in [0, 0.05) is 32.0 Å². The summed E-state index contributed by atoms with van der Waals surface area (Å²) >= 11 is 12.3. The molecule has 2 saturated heterocycles. The predicted molar refractivity (Wildman–Crippen MR) is 124 cm³/mol. The van der Waals surface area contributed by atoms with E-state index in [4.69, 9.17) is 23.2 Å². The van der Waals surface area contributed by atoms with Gasteiger partial charge in [0.25, 0.3) is 0 Å². The van der Waals surface area contributed by atoms with Gasteiger partial charge in [-0.25, -0.2) is 0 Å². The fourth-order valence-electron chi connectivity index (χ4n) is 4.76. The maximum Gasteiger partial charge on any atom is 0.226 e. The summed E-state index contributed by atoms with van der Waals surface area (Å²) in [6.07, 6.45) is 4.70. The molecule has 0 N–H and O–H groups in total. The van der Waals surface area contributed by atoms with Crippen LogP contribution < -0.4 is 0 Å². The van der Waals surface area contributed by atoms with E-state index >= 15 is 0 Å². The molecule has 4 rings (SSSR count). The van der Waals surface area contributed by atoms with E-state index in [1.54, 1.807) is 6.07 Å². The van der Waals surface area contributed by atoms with Crippen molar-refractivity contribution >= 4 is 35.0 Å². The first kappa shape index (κ1) is 22.2. The highest BCUT2D eigenvalue weighted by atomic mass is 35.5. The Morgan fingerprint density at radius 3 is 2.35 bits per heavy atom. The van der Waals surface area contributed by atoms with Crippen molar-refractivity contribution in [2.24, 2.45) is 5.92 Å². The molecule has 164 valence electrons. The number of halogens is 2. The van der Waals surface area contributed by atoms with Gasteiger partial charge in [-0.3, -0.25) is 9.59 Å². The molecule has 31 heavy (non-hydrogen) atoms. The largest absolute Gasteiger partial charge is 0.343 e. The number of carbonyl (C=O) groups is 2. The lowest BCUT2D eigenvalue weighted by molar-refractivity contribution is -0.141. The number of amides is 2. The van der Waals surface area contributed by atoms with Crippen molar-refractivity contribution in [1.82, 2.24) is 9.80 Å². The van der Waals surface area contributed by atoms with Crippen LogP contribution in [0.15, 0.2) is 48.5 Å². The van der Waals surface area contributed by atoms with E-state index in [1.807, 2.05) is 40.1 Å². The van der Waals surface area contributed by atoms with Gasteiger partial charge in [-0.15, -0.1) is 0 Å². The molecule has 0 aromatic heterocycles. The normalized spacial score (nSPS) is 19.6. The molecule has 0 saturated carbocycles. The smallest absolute Gasteiger partial charge is 0.226 e. The molecule has 0 spiro atoms. The lowest BCUT2D eigenvalue weighted by atomic mass is 9.94. The first-order valence-electron chi connectivity index (χ1n) is 11.1. The lowest BCUT2D eigenvalue weighted by Crippen LogP contribution is -2.44. The van der Waals surface area contributed by atoms with E-state index in [0.717, 1.165) is 44.2 Å². The van der Waals surface area contributed by atoms with E-state index in [1.165, 1.54) is 5.56 Å². The second kappa shape index (κ2) is 10.1. The minimum Gasteiger partial charge on any atom is -0.343 e. The van der Waals surface area contributed by atoms with Crippen molar-refractivity contribution in [1.29, 1.82) is 0 Å². The molecule has 2 aliphatic rings. The third-order valence-electron chi connectivity index (χ3n) is 6.53. The Bertz CT molecular complexity index is 926. The van der Waals surface area contributed by atoms with E-state index in [-0.39, 0.29) is 23.8 Å². The Balaban J connectivity index is 1.31. The van der Waals surface area contributed by atoms with Gasteiger partial charge < -0.3 is 9.80 Å². The Morgan fingerprint density at radius 1 is 0.903 bits per heavy atom. The minimum atomic E-state index is -0.0125. The topological polar surface area (TPSA) is 40.6 Å². The molecule has 4 nitrogen and oxygen atoms in total. The van der Waals surface area contributed by atoms with Crippen LogP contribution in [0.4, 0.5) is 0 Å². The van der Waals surface area contributed by atoms with Gasteiger partial charge in [0.15, 0.2) is 0 Å². The van der Waals surface area contributed by atoms with Crippen molar-refractivity contribution in [2.75, 3.05) is 19.6 Å². The van der Waals surface area contributed by atoms with Gasteiger partial charge in [0.05, 0.1) is 16.1 Å². The van der Waals surface area contributed by atoms with Crippen LogP contribution in [0, 0.1) is 5.92 Å². The SMILES string of the molecule is O=C(CCc1ccccc1)N1CCC(C(=O)N2CCCC2c2ccc(Cl)c(Cl)c2)CC1. The quantitative estimate of drug-likeness (QED) is 0.590. The number of hydrogen-bond acceptors (Lipinski definition) is 2. The average Bonchev–Trinajstić information content (AvgIpc) is 3.29. The maximum atomic E-state index is 13.3. The second-order valence-electron chi connectivity index (χ2n) is 8.50. The summed E-state index contributed by atoms with van der Waals surface area (Å²) in [6, 6.07) is 15.8. The third-order valence-corrected chi connectivity index (χ3v) is 7.27. The molecule has 2 aliphatic heterocycles. The molecule has 2 aromatic rings. The van der Waals surface area contributed by atoms with Crippen LogP contribution in [0.2, 0.25) is 10.0 Å². The summed E-state index contributed by atoms with van der Waals surface area (Å²) in [5, 5.41) is 1.06. The molecule has 0 radical (unpaired) electrons. The molecule has 0 bridgehead atoms. The number of piperidine rings is 1. The standard InChI is InChI=1S/C25H28Cl2N2O2/c26-21-10-9-20(17-22(21)27)23-7-4-14-29(23)25(31)19-12-15-28(16-13-19)24(30)11-8-18-5-2-1-3-6-18/h1-3,5-6,9-10,17,19,23H,4,7-8,11-16H2. The van der Waals surface area contributed by atoms with Crippen LogP contribution in [0.3, 0.4) is 0 Å². The van der Waals surface area contributed by atoms with Crippen LogP contribution >= 0.6 is 23.2 Å². The minimum absolute atomic E-state index is 0.0125. The number of aryl methyl sites for hydroxylation is 1. The molecule has 2 aromatic carbocycles. The van der Waals surface area contributed by atoms with Gasteiger partial charge in [0.2, 0.25) is 11.8 Å². The van der Waals surface area contributed by atoms with Gasteiger partial charge >= 0.3 is 0 Å². The molecular weight excluding hydrogens is 431 g/mol. The highest BCUT2D eigenvalue weighted by Crippen LogP contribution is 2.37.